The van der Waals surface area contributed by atoms with Gasteiger partial charge in [-0.25, -0.2) is 0 Å². The number of aromatic nitrogens is 1. The zero-order valence-corrected chi connectivity index (χ0v) is 12.8. The molecule has 1 heterocycles. The Balaban J connectivity index is 2.20. The van der Waals surface area contributed by atoms with Gasteiger partial charge in [0.25, 0.3) is 0 Å². The van der Waals surface area contributed by atoms with E-state index in [0.29, 0.717) is 13.0 Å². The summed E-state index contributed by atoms with van der Waals surface area (Å²) >= 11 is 0. The largest absolute Gasteiger partial charge is 0.480 e. The summed E-state index contributed by atoms with van der Waals surface area (Å²) < 4.78 is 0. The molecule has 2 rings (SSSR count). The molecule has 2 N–H and O–H groups in total. The Morgan fingerprint density at radius 1 is 1.38 bits per heavy atom. The number of nitrogens with zero attached hydrogens (tertiary/aromatic N) is 1. The minimum Gasteiger partial charge on any atom is -0.480 e. The van der Waals surface area contributed by atoms with E-state index >= 15 is 0 Å². The summed E-state index contributed by atoms with van der Waals surface area (Å²) in [6, 6.07) is 7.44. The molecule has 0 amide bonds. The van der Waals surface area contributed by atoms with Crippen LogP contribution < -0.4 is 0 Å². The number of hydrogen-bond acceptors (Lipinski definition) is 2. The highest BCUT2D eigenvalue weighted by molar-refractivity contribution is 5.84. The smallest absolute Gasteiger partial charge is 0.321 e. The summed E-state index contributed by atoms with van der Waals surface area (Å²) in [5.74, 6) is -0.787. The highest BCUT2D eigenvalue weighted by Gasteiger charge is 2.23. The molecule has 4 heteroatoms. The number of carboxylic acids is 1. The van der Waals surface area contributed by atoms with Gasteiger partial charge in [-0.1, -0.05) is 29.8 Å². The zero-order valence-electron chi connectivity index (χ0n) is 12.8. The van der Waals surface area contributed by atoms with E-state index in [4.69, 9.17) is 0 Å². The Bertz CT molecular complexity index is 654. The van der Waals surface area contributed by atoms with Crippen molar-refractivity contribution >= 4 is 16.9 Å². The normalized spacial score (nSPS) is 12.6. The number of fused-ring (bicyclic) bond motifs is 1. The maximum Gasteiger partial charge on any atom is 0.321 e. The first kappa shape index (κ1) is 15.3. The van der Waals surface area contributed by atoms with Gasteiger partial charge in [0, 0.05) is 30.1 Å². The van der Waals surface area contributed by atoms with Crippen LogP contribution in [0.15, 0.2) is 42.1 Å². The summed E-state index contributed by atoms with van der Waals surface area (Å²) in [5, 5.41) is 10.6. The van der Waals surface area contributed by atoms with Crippen LogP contribution in [0.5, 0.6) is 0 Å². The van der Waals surface area contributed by atoms with Crippen LogP contribution in [0.4, 0.5) is 0 Å². The topological polar surface area (TPSA) is 56.3 Å². The zero-order chi connectivity index (χ0) is 15.4. The Kier molecular flexibility index (Phi) is 4.81. The van der Waals surface area contributed by atoms with Gasteiger partial charge >= 0.3 is 5.97 Å². The van der Waals surface area contributed by atoms with Crippen LogP contribution in [-0.4, -0.2) is 40.6 Å². The number of rotatable bonds is 6. The van der Waals surface area contributed by atoms with Crippen molar-refractivity contribution in [1.29, 1.82) is 0 Å². The number of aromatic amines is 1. The van der Waals surface area contributed by atoms with E-state index < -0.39 is 12.0 Å². The van der Waals surface area contributed by atoms with Gasteiger partial charge in [-0.05, 0) is 32.5 Å². The predicted molar refractivity (Wildman–Crippen MR) is 85.5 cm³/mol. The van der Waals surface area contributed by atoms with Crippen LogP contribution >= 0.6 is 0 Å². The standard InChI is InChI=1S/C17H22N2O2/c1-12(2)8-9-19(3)16(17(20)21)10-13-11-18-15-7-5-4-6-14(13)15/h4-8,11,16,18H,9-10H2,1-3H3,(H,20,21)/t16-/m0/s1. The molecule has 0 radical (unpaired) electrons. The number of benzene rings is 1. The molecule has 0 bridgehead atoms. The highest BCUT2D eigenvalue weighted by atomic mass is 16.4. The molecule has 1 aromatic carbocycles. The van der Waals surface area contributed by atoms with Gasteiger partial charge in [0.15, 0.2) is 0 Å². The summed E-state index contributed by atoms with van der Waals surface area (Å²) in [7, 11) is 1.85. The SMILES string of the molecule is CC(C)=CCN(C)[C@@H](Cc1c[nH]c2ccccc12)C(=O)O. The fourth-order valence-corrected chi connectivity index (χ4v) is 2.39. The molecule has 0 aliphatic carbocycles. The molecular weight excluding hydrogens is 264 g/mol. The number of nitrogens with one attached hydrogen (secondary N) is 1. The fraction of sp³-hybridized carbons (Fsp3) is 0.353. The van der Waals surface area contributed by atoms with Crippen LogP contribution in [0.3, 0.4) is 0 Å². The molecule has 21 heavy (non-hydrogen) atoms. The van der Waals surface area contributed by atoms with Crippen molar-refractivity contribution in [3.05, 3.63) is 47.7 Å². The van der Waals surface area contributed by atoms with E-state index in [0.717, 1.165) is 16.5 Å². The van der Waals surface area contributed by atoms with Gasteiger partial charge in [0.05, 0.1) is 0 Å². The predicted octanol–water partition coefficient (Wildman–Crippen LogP) is 3.06. The second-order valence-corrected chi connectivity index (χ2v) is 5.64. The maximum absolute atomic E-state index is 11.6. The third kappa shape index (κ3) is 3.73. The van der Waals surface area contributed by atoms with Gasteiger partial charge in [-0.15, -0.1) is 0 Å². The first-order valence-corrected chi connectivity index (χ1v) is 7.10. The molecule has 1 atom stereocenters. The van der Waals surface area contributed by atoms with Crippen molar-refractivity contribution in [3.63, 3.8) is 0 Å². The summed E-state index contributed by atoms with van der Waals surface area (Å²) in [6.07, 6.45) is 4.45. The van der Waals surface area contributed by atoms with Crippen LogP contribution in [0.2, 0.25) is 0 Å². The summed E-state index contributed by atoms with van der Waals surface area (Å²) in [5.41, 5.74) is 3.28. The van der Waals surface area contributed by atoms with Crippen molar-refractivity contribution < 1.29 is 9.90 Å². The maximum atomic E-state index is 11.6. The monoisotopic (exact) mass is 286 g/mol. The number of allylic oxidation sites excluding steroid dienone is 1. The lowest BCUT2D eigenvalue weighted by molar-refractivity contribution is -0.142. The quantitative estimate of drug-likeness (QED) is 0.802. The molecule has 0 unspecified atom stereocenters. The van der Waals surface area contributed by atoms with Gasteiger partial charge in [-0.3, -0.25) is 9.69 Å². The van der Waals surface area contributed by atoms with E-state index in [1.807, 2.05) is 62.3 Å². The first-order chi connectivity index (χ1) is 9.99. The second kappa shape index (κ2) is 6.59. The van der Waals surface area contributed by atoms with Crippen molar-refractivity contribution in [3.8, 4) is 0 Å². The molecule has 2 aromatic rings. The number of aliphatic carboxylic acids is 1. The van der Waals surface area contributed by atoms with Gasteiger partial charge < -0.3 is 10.1 Å². The van der Waals surface area contributed by atoms with Crippen LogP contribution in [-0.2, 0) is 11.2 Å². The number of para-hydroxylation sites is 1. The van der Waals surface area contributed by atoms with Crippen LogP contribution in [0.25, 0.3) is 10.9 Å². The Morgan fingerprint density at radius 2 is 2.10 bits per heavy atom. The lowest BCUT2D eigenvalue weighted by atomic mass is 10.0. The van der Waals surface area contributed by atoms with E-state index in [1.165, 1.54) is 5.57 Å². The number of hydrogen-bond donors (Lipinski definition) is 2. The third-order valence-electron chi connectivity index (χ3n) is 3.69. The van der Waals surface area contributed by atoms with E-state index in [2.05, 4.69) is 4.98 Å². The van der Waals surface area contributed by atoms with E-state index in [1.54, 1.807) is 0 Å². The molecule has 0 saturated heterocycles. The van der Waals surface area contributed by atoms with Crippen molar-refractivity contribution in [1.82, 2.24) is 9.88 Å². The van der Waals surface area contributed by atoms with Crippen molar-refractivity contribution in [2.24, 2.45) is 0 Å². The first-order valence-electron chi connectivity index (χ1n) is 7.10. The lowest BCUT2D eigenvalue weighted by Crippen LogP contribution is -2.40. The lowest BCUT2D eigenvalue weighted by Gasteiger charge is -2.23. The summed E-state index contributed by atoms with van der Waals surface area (Å²) in [4.78, 5) is 16.6. The molecule has 0 saturated carbocycles. The minimum atomic E-state index is -0.787. The Morgan fingerprint density at radius 3 is 2.76 bits per heavy atom. The van der Waals surface area contributed by atoms with Crippen molar-refractivity contribution in [2.75, 3.05) is 13.6 Å². The number of H-pyrrole nitrogens is 1. The molecule has 0 aliphatic heterocycles. The second-order valence-electron chi connectivity index (χ2n) is 5.64. The van der Waals surface area contributed by atoms with E-state index in [9.17, 15) is 9.90 Å². The van der Waals surface area contributed by atoms with Gasteiger partial charge in [-0.2, -0.15) is 0 Å². The average Bonchev–Trinajstić information content (AvgIpc) is 2.85. The van der Waals surface area contributed by atoms with Crippen LogP contribution in [0, 0.1) is 0 Å². The fourth-order valence-electron chi connectivity index (χ4n) is 2.39. The number of carbonyl (C=O) groups is 1. The van der Waals surface area contributed by atoms with Gasteiger partial charge in [0.2, 0.25) is 0 Å². The number of likely N-dealkylation sites (N-methyl/N-ethyl adjacent to an activating group) is 1. The van der Waals surface area contributed by atoms with Crippen molar-refractivity contribution in [2.45, 2.75) is 26.3 Å². The molecule has 4 nitrogen and oxygen atoms in total. The summed E-state index contributed by atoms with van der Waals surface area (Å²) in [6.45, 7) is 4.67. The molecular formula is C17H22N2O2. The van der Waals surface area contributed by atoms with E-state index in [-0.39, 0.29) is 0 Å². The molecule has 0 aliphatic rings. The minimum absolute atomic E-state index is 0.493. The Hall–Kier alpha value is -2.07. The molecule has 1 aromatic heterocycles. The highest BCUT2D eigenvalue weighted by Crippen LogP contribution is 2.20. The van der Waals surface area contributed by atoms with Gasteiger partial charge in [0.1, 0.15) is 6.04 Å². The molecule has 0 spiro atoms. The molecule has 112 valence electrons. The Labute approximate surface area is 125 Å². The van der Waals surface area contributed by atoms with Crippen LogP contribution in [0.1, 0.15) is 19.4 Å². The average molecular weight is 286 g/mol. The third-order valence-corrected chi connectivity index (χ3v) is 3.69. The number of carboxylic acid groups (broad SMARTS) is 1. The molecule has 0 fully saturated rings.